The summed E-state index contributed by atoms with van der Waals surface area (Å²) in [6.45, 7) is 3.22. The number of rotatable bonds is 3. The maximum Gasteiger partial charge on any atom is 0.119 e. The summed E-state index contributed by atoms with van der Waals surface area (Å²) < 4.78 is 5.85. The molecule has 1 aromatic rings. The standard InChI is InChI=1S/C13H17NO/c1-2-4-12(5-3-1)15-10-13-8-11(13)6-7-14-9-13/h1-5,11,14H,6-10H2. The van der Waals surface area contributed by atoms with E-state index in [0.717, 1.165) is 24.8 Å². The largest absolute Gasteiger partial charge is 0.493 e. The van der Waals surface area contributed by atoms with Gasteiger partial charge in [0, 0.05) is 12.0 Å². The summed E-state index contributed by atoms with van der Waals surface area (Å²) in [7, 11) is 0. The summed E-state index contributed by atoms with van der Waals surface area (Å²) in [4.78, 5) is 0. The molecule has 1 aromatic carbocycles. The fraction of sp³-hybridized carbons (Fsp3) is 0.538. The van der Waals surface area contributed by atoms with Gasteiger partial charge in [0.15, 0.2) is 0 Å². The van der Waals surface area contributed by atoms with E-state index in [2.05, 4.69) is 5.32 Å². The monoisotopic (exact) mass is 203 g/mol. The first-order valence-electron chi connectivity index (χ1n) is 5.78. The van der Waals surface area contributed by atoms with Crippen LogP contribution in [0.25, 0.3) is 0 Å². The zero-order chi connectivity index (χ0) is 10.1. The van der Waals surface area contributed by atoms with Crippen molar-refractivity contribution in [2.45, 2.75) is 12.8 Å². The lowest BCUT2D eigenvalue weighted by atomic mass is 10.00. The van der Waals surface area contributed by atoms with E-state index in [9.17, 15) is 0 Å². The second-order valence-corrected chi connectivity index (χ2v) is 4.83. The van der Waals surface area contributed by atoms with E-state index >= 15 is 0 Å². The van der Waals surface area contributed by atoms with Gasteiger partial charge in [-0.05, 0) is 37.4 Å². The maximum atomic E-state index is 5.85. The molecule has 0 bridgehead atoms. The smallest absolute Gasteiger partial charge is 0.119 e. The number of nitrogens with one attached hydrogen (secondary N) is 1. The molecule has 0 aromatic heterocycles. The average molecular weight is 203 g/mol. The summed E-state index contributed by atoms with van der Waals surface area (Å²) in [5.74, 6) is 1.92. The molecule has 1 saturated heterocycles. The van der Waals surface area contributed by atoms with E-state index in [1.54, 1.807) is 0 Å². The zero-order valence-corrected chi connectivity index (χ0v) is 8.91. The first kappa shape index (κ1) is 9.22. The highest BCUT2D eigenvalue weighted by atomic mass is 16.5. The average Bonchev–Trinajstić information content (AvgIpc) is 3.03. The molecule has 1 aliphatic carbocycles. The number of hydrogen-bond donors (Lipinski definition) is 1. The van der Waals surface area contributed by atoms with Crippen LogP contribution in [0.1, 0.15) is 12.8 Å². The minimum absolute atomic E-state index is 0.466. The van der Waals surface area contributed by atoms with Crippen LogP contribution in [-0.2, 0) is 0 Å². The Morgan fingerprint density at radius 2 is 2.20 bits per heavy atom. The van der Waals surface area contributed by atoms with Crippen molar-refractivity contribution < 1.29 is 4.74 Å². The van der Waals surface area contributed by atoms with Crippen molar-refractivity contribution >= 4 is 0 Å². The van der Waals surface area contributed by atoms with Crippen LogP contribution in [0.3, 0.4) is 0 Å². The molecule has 15 heavy (non-hydrogen) atoms. The Labute approximate surface area is 90.6 Å². The van der Waals surface area contributed by atoms with E-state index < -0.39 is 0 Å². The molecule has 2 unspecified atom stereocenters. The van der Waals surface area contributed by atoms with Crippen LogP contribution in [0.4, 0.5) is 0 Å². The third kappa shape index (κ3) is 1.74. The number of benzene rings is 1. The van der Waals surface area contributed by atoms with Gasteiger partial charge < -0.3 is 10.1 Å². The Hall–Kier alpha value is -1.02. The number of fused-ring (bicyclic) bond motifs is 1. The first-order valence-corrected chi connectivity index (χ1v) is 5.78. The Morgan fingerprint density at radius 1 is 1.33 bits per heavy atom. The highest BCUT2D eigenvalue weighted by molar-refractivity contribution is 5.21. The third-order valence-corrected chi connectivity index (χ3v) is 3.77. The molecular weight excluding hydrogens is 186 g/mol. The molecule has 80 valence electrons. The fourth-order valence-corrected chi connectivity index (χ4v) is 2.64. The zero-order valence-electron chi connectivity index (χ0n) is 8.91. The van der Waals surface area contributed by atoms with E-state index in [-0.39, 0.29) is 0 Å². The summed E-state index contributed by atoms with van der Waals surface area (Å²) in [6, 6.07) is 10.1. The molecule has 1 saturated carbocycles. The summed E-state index contributed by atoms with van der Waals surface area (Å²) in [6.07, 6.45) is 2.69. The van der Waals surface area contributed by atoms with Crippen molar-refractivity contribution in [1.29, 1.82) is 0 Å². The van der Waals surface area contributed by atoms with Crippen molar-refractivity contribution in [3.8, 4) is 5.75 Å². The molecule has 1 aliphatic heterocycles. The minimum Gasteiger partial charge on any atom is -0.493 e. The molecule has 2 nitrogen and oxygen atoms in total. The van der Waals surface area contributed by atoms with Gasteiger partial charge in [0.05, 0.1) is 6.61 Å². The molecule has 0 spiro atoms. The Balaban J connectivity index is 1.59. The highest BCUT2D eigenvalue weighted by Gasteiger charge is 2.55. The molecule has 2 aliphatic rings. The Kier molecular flexibility index (Phi) is 2.17. The highest BCUT2D eigenvalue weighted by Crippen LogP contribution is 2.55. The van der Waals surface area contributed by atoms with Gasteiger partial charge in [-0.2, -0.15) is 0 Å². The van der Waals surface area contributed by atoms with Gasteiger partial charge in [-0.15, -0.1) is 0 Å². The number of piperidine rings is 1. The van der Waals surface area contributed by atoms with Gasteiger partial charge in [-0.3, -0.25) is 0 Å². The van der Waals surface area contributed by atoms with Crippen LogP contribution in [-0.4, -0.2) is 19.7 Å². The molecule has 2 atom stereocenters. The van der Waals surface area contributed by atoms with Crippen LogP contribution in [0.2, 0.25) is 0 Å². The van der Waals surface area contributed by atoms with Gasteiger partial charge in [0.1, 0.15) is 5.75 Å². The van der Waals surface area contributed by atoms with Crippen molar-refractivity contribution in [2.75, 3.05) is 19.7 Å². The fourth-order valence-electron chi connectivity index (χ4n) is 2.64. The lowest BCUT2D eigenvalue weighted by Crippen LogP contribution is -2.35. The predicted octanol–water partition coefficient (Wildman–Crippen LogP) is 2.06. The van der Waals surface area contributed by atoms with E-state index in [4.69, 9.17) is 4.74 Å². The minimum atomic E-state index is 0.466. The van der Waals surface area contributed by atoms with Crippen molar-refractivity contribution in [1.82, 2.24) is 5.32 Å². The van der Waals surface area contributed by atoms with Crippen LogP contribution >= 0.6 is 0 Å². The third-order valence-electron chi connectivity index (χ3n) is 3.77. The normalized spacial score (nSPS) is 33.2. The lowest BCUT2D eigenvalue weighted by Gasteiger charge is -2.23. The van der Waals surface area contributed by atoms with Gasteiger partial charge in [0.2, 0.25) is 0 Å². The van der Waals surface area contributed by atoms with Crippen LogP contribution in [0, 0.1) is 11.3 Å². The molecule has 0 radical (unpaired) electrons. The quantitative estimate of drug-likeness (QED) is 0.812. The van der Waals surface area contributed by atoms with Gasteiger partial charge in [0.25, 0.3) is 0 Å². The van der Waals surface area contributed by atoms with Crippen molar-refractivity contribution in [2.24, 2.45) is 11.3 Å². The molecule has 1 heterocycles. The van der Waals surface area contributed by atoms with Crippen molar-refractivity contribution in [3.63, 3.8) is 0 Å². The van der Waals surface area contributed by atoms with Crippen LogP contribution in [0.5, 0.6) is 5.75 Å². The van der Waals surface area contributed by atoms with Gasteiger partial charge >= 0.3 is 0 Å². The van der Waals surface area contributed by atoms with Crippen molar-refractivity contribution in [3.05, 3.63) is 30.3 Å². The SMILES string of the molecule is c1ccc(OCC23CNCCC2C3)cc1. The number of para-hydroxylation sites is 1. The van der Waals surface area contributed by atoms with E-state index in [0.29, 0.717) is 5.41 Å². The molecule has 3 rings (SSSR count). The second kappa shape index (κ2) is 3.53. The lowest BCUT2D eigenvalue weighted by molar-refractivity contribution is 0.200. The molecular formula is C13H17NO. The molecule has 0 amide bonds. The molecule has 2 fully saturated rings. The van der Waals surface area contributed by atoms with Crippen LogP contribution in [0.15, 0.2) is 30.3 Å². The number of hydrogen-bond acceptors (Lipinski definition) is 2. The second-order valence-electron chi connectivity index (χ2n) is 4.83. The summed E-state index contributed by atoms with van der Waals surface area (Å²) >= 11 is 0. The van der Waals surface area contributed by atoms with Crippen LogP contribution < -0.4 is 10.1 Å². The van der Waals surface area contributed by atoms with Gasteiger partial charge in [-0.1, -0.05) is 18.2 Å². The molecule has 1 N–H and O–H groups in total. The Bertz CT molecular complexity index is 338. The molecule has 2 heteroatoms. The Morgan fingerprint density at radius 3 is 3.00 bits per heavy atom. The summed E-state index contributed by atoms with van der Waals surface area (Å²) in [5, 5.41) is 3.47. The predicted molar refractivity (Wildman–Crippen MR) is 60.0 cm³/mol. The number of ether oxygens (including phenoxy) is 1. The maximum absolute atomic E-state index is 5.85. The van der Waals surface area contributed by atoms with E-state index in [1.807, 2.05) is 30.3 Å². The van der Waals surface area contributed by atoms with E-state index in [1.165, 1.54) is 19.4 Å². The first-order chi connectivity index (χ1) is 7.39. The topological polar surface area (TPSA) is 21.3 Å². The summed E-state index contributed by atoms with van der Waals surface area (Å²) in [5.41, 5.74) is 0.466. The van der Waals surface area contributed by atoms with Gasteiger partial charge in [-0.25, -0.2) is 0 Å².